The van der Waals surface area contributed by atoms with Gasteiger partial charge in [0, 0.05) is 18.8 Å². The van der Waals surface area contributed by atoms with Gasteiger partial charge in [-0.2, -0.15) is 13.1 Å². The van der Waals surface area contributed by atoms with Crippen molar-refractivity contribution in [2.75, 3.05) is 12.3 Å². The molecule has 0 aliphatic rings. The van der Waals surface area contributed by atoms with Gasteiger partial charge in [-0.15, -0.1) is 0 Å². The molecule has 2 N–H and O–H groups in total. The van der Waals surface area contributed by atoms with Gasteiger partial charge in [-0.1, -0.05) is 19.1 Å². The van der Waals surface area contributed by atoms with Gasteiger partial charge in [0.2, 0.25) is 0 Å². The van der Waals surface area contributed by atoms with E-state index in [1.807, 2.05) is 0 Å². The number of anilines is 1. The van der Waals surface area contributed by atoms with Gasteiger partial charge < -0.3 is 5.73 Å². The van der Waals surface area contributed by atoms with Gasteiger partial charge in [0.1, 0.15) is 0 Å². The van der Waals surface area contributed by atoms with Crippen LogP contribution in [0.1, 0.15) is 12.5 Å². The molecule has 0 amide bonds. The molecule has 0 saturated heterocycles. The molecule has 0 aliphatic heterocycles. The van der Waals surface area contributed by atoms with Gasteiger partial charge in [0.05, 0.1) is 0 Å². The van der Waals surface area contributed by atoms with Crippen LogP contribution in [0.5, 0.6) is 0 Å². The zero-order valence-corrected chi connectivity index (χ0v) is 10.1. The molecule has 1 rings (SSSR count). The van der Waals surface area contributed by atoms with E-state index in [4.69, 9.17) is 5.73 Å². The molecule has 7 heteroatoms. The standard InChI is InChI=1S/C10H14F2N2O2S/c1-2-14(17(15,16)10(11)12)7-8-3-5-9(13)6-4-8/h3-6,10H,2,7,13H2,1H3. The second-order valence-corrected chi connectivity index (χ2v) is 5.38. The summed E-state index contributed by atoms with van der Waals surface area (Å²) in [6.45, 7) is 1.43. The fourth-order valence-electron chi connectivity index (χ4n) is 1.32. The molecular weight excluding hydrogens is 250 g/mol. The van der Waals surface area contributed by atoms with Gasteiger partial charge in [-0.3, -0.25) is 0 Å². The van der Waals surface area contributed by atoms with Crippen molar-refractivity contribution in [1.29, 1.82) is 0 Å². The summed E-state index contributed by atoms with van der Waals surface area (Å²) in [7, 11) is -4.53. The molecule has 4 nitrogen and oxygen atoms in total. The topological polar surface area (TPSA) is 63.4 Å². The van der Waals surface area contributed by atoms with E-state index in [1.165, 1.54) is 6.92 Å². The number of benzene rings is 1. The normalized spacial score (nSPS) is 12.3. The van der Waals surface area contributed by atoms with Gasteiger partial charge in [-0.25, -0.2) is 8.42 Å². The molecular formula is C10H14F2N2O2S. The molecule has 96 valence electrons. The highest BCUT2D eigenvalue weighted by atomic mass is 32.2. The first-order valence-corrected chi connectivity index (χ1v) is 6.49. The van der Waals surface area contributed by atoms with E-state index < -0.39 is 15.8 Å². The zero-order chi connectivity index (χ0) is 13.1. The number of nitrogens with two attached hydrogens (primary N) is 1. The second kappa shape index (κ2) is 5.42. The van der Waals surface area contributed by atoms with Gasteiger partial charge in [0.15, 0.2) is 0 Å². The molecule has 0 bridgehead atoms. The summed E-state index contributed by atoms with van der Waals surface area (Å²) in [6.07, 6.45) is 0. The minimum absolute atomic E-state index is 0.00293. The quantitative estimate of drug-likeness (QED) is 0.822. The highest BCUT2D eigenvalue weighted by molar-refractivity contribution is 7.89. The number of hydrogen-bond acceptors (Lipinski definition) is 3. The van der Waals surface area contributed by atoms with Crippen LogP contribution in [0.4, 0.5) is 14.5 Å². The fraction of sp³-hybridized carbons (Fsp3) is 0.400. The van der Waals surface area contributed by atoms with E-state index in [0.29, 0.717) is 11.3 Å². The Hall–Kier alpha value is -1.21. The van der Waals surface area contributed by atoms with Crippen LogP contribution in [0, 0.1) is 0 Å². The summed E-state index contributed by atoms with van der Waals surface area (Å²) in [4.78, 5) is 0. The number of hydrogen-bond donors (Lipinski definition) is 1. The van der Waals surface area contributed by atoms with Gasteiger partial charge >= 0.3 is 5.76 Å². The van der Waals surface area contributed by atoms with Crippen molar-refractivity contribution in [2.45, 2.75) is 19.2 Å². The Balaban J connectivity index is 2.88. The molecule has 0 aliphatic carbocycles. The maximum Gasteiger partial charge on any atom is 0.350 e. The first kappa shape index (κ1) is 13.9. The maximum absolute atomic E-state index is 12.4. The second-order valence-electron chi connectivity index (χ2n) is 3.47. The summed E-state index contributed by atoms with van der Waals surface area (Å²) in [5, 5.41) is 0. The van der Waals surface area contributed by atoms with E-state index in [0.717, 1.165) is 4.31 Å². The van der Waals surface area contributed by atoms with Crippen LogP contribution in [0.15, 0.2) is 24.3 Å². The van der Waals surface area contributed by atoms with Gasteiger partial charge in [-0.05, 0) is 17.7 Å². The molecule has 0 atom stereocenters. The van der Waals surface area contributed by atoms with E-state index in [9.17, 15) is 17.2 Å². The van der Waals surface area contributed by atoms with Crippen molar-refractivity contribution in [3.8, 4) is 0 Å². The molecule has 0 unspecified atom stereocenters. The van der Waals surface area contributed by atoms with E-state index in [-0.39, 0.29) is 13.1 Å². The average Bonchev–Trinajstić information content (AvgIpc) is 2.27. The average molecular weight is 264 g/mol. The van der Waals surface area contributed by atoms with Crippen molar-refractivity contribution >= 4 is 15.7 Å². The predicted octanol–water partition coefficient (Wildman–Crippen LogP) is 1.64. The Morgan fingerprint density at radius 1 is 1.29 bits per heavy atom. The summed E-state index contributed by atoms with van der Waals surface area (Å²) >= 11 is 0. The van der Waals surface area contributed by atoms with Crippen LogP contribution in [-0.2, 0) is 16.6 Å². The summed E-state index contributed by atoms with van der Waals surface area (Å²) in [6, 6.07) is 6.41. The number of rotatable bonds is 5. The largest absolute Gasteiger partial charge is 0.399 e. The minimum atomic E-state index is -4.53. The van der Waals surface area contributed by atoms with Crippen LogP contribution >= 0.6 is 0 Å². The van der Waals surface area contributed by atoms with Crippen molar-refractivity contribution in [3.63, 3.8) is 0 Å². The minimum Gasteiger partial charge on any atom is -0.399 e. The van der Waals surface area contributed by atoms with Gasteiger partial charge in [0.25, 0.3) is 10.0 Å². The van der Waals surface area contributed by atoms with Crippen LogP contribution < -0.4 is 5.73 Å². The number of nitrogens with zero attached hydrogens (tertiary/aromatic N) is 1. The molecule has 1 aromatic rings. The summed E-state index contributed by atoms with van der Waals surface area (Å²) < 4.78 is 48.0. The Morgan fingerprint density at radius 2 is 1.82 bits per heavy atom. The smallest absolute Gasteiger partial charge is 0.350 e. The number of nitrogen functional groups attached to an aromatic ring is 1. The monoisotopic (exact) mass is 264 g/mol. The third-order valence-corrected chi connectivity index (χ3v) is 3.83. The molecule has 17 heavy (non-hydrogen) atoms. The van der Waals surface area contributed by atoms with E-state index in [2.05, 4.69) is 0 Å². The Kier molecular flexibility index (Phi) is 4.41. The molecule has 1 aromatic carbocycles. The highest BCUT2D eigenvalue weighted by Gasteiger charge is 2.30. The maximum atomic E-state index is 12.4. The zero-order valence-electron chi connectivity index (χ0n) is 9.31. The number of halogens is 2. The lowest BCUT2D eigenvalue weighted by molar-refractivity contribution is 0.218. The molecule has 0 fully saturated rings. The Bertz CT molecular complexity index is 460. The number of sulfonamides is 1. The first-order chi connectivity index (χ1) is 7.87. The lowest BCUT2D eigenvalue weighted by Crippen LogP contribution is -2.34. The Morgan fingerprint density at radius 3 is 2.24 bits per heavy atom. The van der Waals surface area contributed by atoms with Crippen LogP contribution in [-0.4, -0.2) is 25.0 Å². The third-order valence-electron chi connectivity index (χ3n) is 2.28. The first-order valence-electron chi connectivity index (χ1n) is 4.99. The van der Waals surface area contributed by atoms with E-state index in [1.54, 1.807) is 24.3 Å². The number of alkyl halides is 2. The van der Waals surface area contributed by atoms with Crippen molar-refractivity contribution < 1.29 is 17.2 Å². The highest BCUT2D eigenvalue weighted by Crippen LogP contribution is 2.16. The molecule has 0 aromatic heterocycles. The van der Waals surface area contributed by atoms with Crippen molar-refractivity contribution in [2.24, 2.45) is 0 Å². The third kappa shape index (κ3) is 3.37. The fourth-order valence-corrected chi connectivity index (χ4v) is 2.24. The molecule has 0 saturated carbocycles. The van der Waals surface area contributed by atoms with Crippen molar-refractivity contribution in [1.82, 2.24) is 4.31 Å². The lowest BCUT2D eigenvalue weighted by Gasteiger charge is -2.19. The summed E-state index contributed by atoms with van der Waals surface area (Å²) in [5.41, 5.74) is 6.62. The van der Waals surface area contributed by atoms with Crippen LogP contribution in [0.25, 0.3) is 0 Å². The van der Waals surface area contributed by atoms with E-state index >= 15 is 0 Å². The SMILES string of the molecule is CCN(Cc1ccc(N)cc1)S(=O)(=O)C(F)F. The molecule has 0 heterocycles. The predicted molar refractivity (Wildman–Crippen MR) is 61.9 cm³/mol. The molecule has 0 radical (unpaired) electrons. The van der Waals surface area contributed by atoms with Crippen LogP contribution in [0.3, 0.4) is 0 Å². The molecule has 0 spiro atoms. The summed E-state index contributed by atoms with van der Waals surface area (Å²) in [5.74, 6) is -3.39. The lowest BCUT2D eigenvalue weighted by atomic mass is 10.2. The van der Waals surface area contributed by atoms with Crippen molar-refractivity contribution in [3.05, 3.63) is 29.8 Å². The Labute approximate surface area is 99.1 Å². The van der Waals surface area contributed by atoms with Crippen LogP contribution in [0.2, 0.25) is 0 Å².